The number of hydrogen-bond acceptors (Lipinski definition) is 4. The molecule has 0 aliphatic carbocycles. The van der Waals surface area contributed by atoms with Crippen molar-refractivity contribution in [2.24, 2.45) is 0 Å². The number of carbonyl (C=O) groups is 2. The van der Waals surface area contributed by atoms with Crippen LogP contribution in [-0.4, -0.2) is 23.4 Å². The molecule has 0 unspecified atom stereocenters. The van der Waals surface area contributed by atoms with Crippen LogP contribution in [0.2, 0.25) is 5.02 Å². The van der Waals surface area contributed by atoms with Crippen molar-refractivity contribution in [2.75, 3.05) is 6.61 Å². The van der Waals surface area contributed by atoms with Crippen molar-refractivity contribution in [3.8, 4) is 0 Å². The summed E-state index contributed by atoms with van der Waals surface area (Å²) >= 11 is 7.76. The van der Waals surface area contributed by atoms with Crippen LogP contribution >= 0.6 is 22.9 Å². The standard InChI is InChI=1S/C20H24ClNO3S/c1-2-3-4-7-12-25-20(24)19(23)22(15-17-10-8-13-26-17)14-16-9-5-6-11-18(16)21/h5-6,8-11,13H,2-4,7,12,14-15H2,1H3. The van der Waals surface area contributed by atoms with Crippen molar-refractivity contribution in [2.45, 2.75) is 45.7 Å². The third kappa shape index (κ3) is 6.46. The van der Waals surface area contributed by atoms with Crippen LogP contribution in [0.1, 0.15) is 43.0 Å². The average Bonchev–Trinajstić information content (AvgIpc) is 3.15. The highest BCUT2D eigenvalue weighted by molar-refractivity contribution is 7.09. The lowest BCUT2D eigenvalue weighted by molar-refractivity contribution is -0.160. The van der Waals surface area contributed by atoms with E-state index in [0.717, 1.165) is 36.1 Å². The molecular formula is C20H24ClNO3S. The summed E-state index contributed by atoms with van der Waals surface area (Å²) in [7, 11) is 0. The second-order valence-electron chi connectivity index (χ2n) is 6.03. The number of nitrogens with zero attached hydrogens (tertiary/aromatic N) is 1. The molecule has 0 bridgehead atoms. The Balaban J connectivity index is 2.01. The van der Waals surface area contributed by atoms with Crippen LogP contribution in [-0.2, 0) is 27.4 Å². The fourth-order valence-electron chi connectivity index (χ4n) is 2.51. The summed E-state index contributed by atoms with van der Waals surface area (Å²) in [5.41, 5.74) is 0.801. The smallest absolute Gasteiger partial charge is 0.397 e. The molecule has 1 heterocycles. The summed E-state index contributed by atoms with van der Waals surface area (Å²) in [4.78, 5) is 27.3. The summed E-state index contributed by atoms with van der Waals surface area (Å²) in [6.45, 7) is 3.02. The quantitative estimate of drug-likeness (QED) is 0.340. The van der Waals surface area contributed by atoms with Crippen molar-refractivity contribution in [1.29, 1.82) is 0 Å². The third-order valence-electron chi connectivity index (χ3n) is 3.94. The maximum Gasteiger partial charge on any atom is 0.397 e. The fraction of sp³-hybridized carbons (Fsp3) is 0.400. The molecule has 0 atom stereocenters. The van der Waals surface area contributed by atoms with Crippen LogP contribution in [0.25, 0.3) is 0 Å². The summed E-state index contributed by atoms with van der Waals surface area (Å²) in [5.74, 6) is -1.43. The van der Waals surface area contributed by atoms with Crippen LogP contribution in [0.4, 0.5) is 0 Å². The first kappa shape index (κ1) is 20.5. The van der Waals surface area contributed by atoms with E-state index in [1.54, 1.807) is 17.4 Å². The molecule has 0 aliphatic heterocycles. The average molecular weight is 394 g/mol. The van der Waals surface area contributed by atoms with Crippen molar-refractivity contribution >= 4 is 34.8 Å². The predicted octanol–water partition coefficient (Wildman–Crippen LogP) is 5.05. The van der Waals surface area contributed by atoms with Crippen LogP contribution in [0.15, 0.2) is 41.8 Å². The third-order valence-corrected chi connectivity index (χ3v) is 5.17. The zero-order valence-corrected chi connectivity index (χ0v) is 16.5. The zero-order valence-electron chi connectivity index (χ0n) is 14.9. The van der Waals surface area contributed by atoms with Gasteiger partial charge in [-0.05, 0) is 29.5 Å². The minimum Gasteiger partial charge on any atom is -0.459 e. The van der Waals surface area contributed by atoms with Crippen molar-refractivity contribution in [3.05, 3.63) is 57.2 Å². The highest BCUT2D eigenvalue weighted by Gasteiger charge is 2.24. The van der Waals surface area contributed by atoms with E-state index in [2.05, 4.69) is 6.92 Å². The van der Waals surface area contributed by atoms with E-state index in [-0.39, 0.29) is 13.2 Å². The van der Waals surface area contributed by atoms with Gasteiger partial charge < -0.3 is 9.64 Å². The Morgan fingerprint density at radius 1 is 1.08 bits per heavy atom. The van der Waals surface area contributed by atoms with Gasteiger partial charge in [-0.15, -0.1) is 11.3 Å². The second-order valence-corrected chi connectivity index (χ2v) is 7.47. The van der Waals surface area contributed by atoms with Crippen LogP contribution in [0.3, 0.4) is 0 Å². The molecule has 0 spiro atoms. The molecule has 1 amide bonds. The first-order chi connectivity index (χ1) is 12.6. The molecule has 0 aliphatic rings. The monoisotopic (exact) mass is 393 g/mol. The van der Waals surface area contributed by atoms with Gasteiger partial charge in [0.15, 0.2) is 0 Å². The van der Waals surface area contributed by atoms with E-state index in [9.17, 15) is 9.59 Å². The number of amides is 1. The van der Waals surface area contributed by atoms with Crippen molar-refractivity contribution < 1.29 is 14.3 Å². The molecule has 0 fully saturated rings. The van der Waals surface area contributed by atoms with E-state index in [4.69, 9.17) is 16.3 Å². The molecule has 6 heteroatoms. The summed E-state index contributed by atoms with van der Waals surface area (Å²) in [5, 5.41) is 2.52. The number of benzene rings is 1. The van der Waals surface area contributed by atoms with Gasteiger partial charge >= 0.3 is 11.9 Å². The lowest BCUT2D eigenvalue weighted by Gasteiger charge is -2.22. The molecule has 0 saturated carbocycles. The maximum absolute atomic E-state index is 12.6. The molecular weight excluding hydrogens is 370 g/mol. The van der Waals surface area contributed by atoms with Gasteiger partial charge in [-0.3, -0.25) is 4.79 Å². The number of rotatable bonds is 9. The molecule has 140 valence electrons. The summed E-state index contributed by atoms with van der Waals surface area (Å²) < 4.78 is 5.16. The number of carbonyl (C=O) groups excluding carboxylic acids is 2. The Morgan fingerprint density at radius 3 is 2.58 bits per heavy atom. The molecule has 2 aromatic rings. The summed E-state index contributed by atoms with van der Waals surface area (Å²) in [6, 6.07) is 11.2. The molecule has 1 aromatic heterocycles. The molecule has 0 N–H and O–H groups in total. The van der Waals surface area contributed by atoms with Crippen molar-refractivity contribution in [3.63, 3.8) is 0 Å². The topological polar surface area (TPSA) is 46.6 Å². The summed E-state index contributed by atoms with van der Waals surface area (Å²) in [6.07, 6.45) is 3.99. The van der Waals surface area contributed by atoms with Gasteiger partial charge in [0.2, 0.25) is 0 Å². The van der Waals surface area contributed by atoms with E-state index < -0.39 is 11.9 Å². The van der Waals surface area contributed by atoms with Gasteiger partial charge in [-0.2, -0.15) is 0 Å². The van der Waals surface area contributed by atoms with Gasteiger partial charge in [0.05, 0.1) is 13.2 Å². The largest absolute Gasteiger partial charge is 0.459 e. The zero-order chi connectivity index (χ0) is 18.8. The Morgan fingerprint density at radius 2 is 1.88 bits per heavy atom. The number of ether oxygens (including phenoxy) is 1. The predicted molar refractivity (Wildman–Crippen MR) is 105 cm³/mol. The fourth-order valence-corrected chi connectivity index (χ4v) is 3.42. The first-order valence-electron chi connectivity index (χ1n) is 8.83. The molecule has 26 heavy (non-hydrogen) atoms. The van der Waals surface area contributed by atoms with Gasteiger partial charge in [0.1, 0.15) is 0 Å². The van der Waals surface area contributed by atoms with Crippen LogP contribution in [0, 0.1) is 0 Å². The minimum absolute atomic E-state index is 0.265. The highest BCUT2D eigenvalue weighted by atomic mass is 35.5. The van der Waals surface area contributed by atoms with E-state index in [1.165, 1.54) is 4.90 Å². The van der Waals surface area contributed by atoms with Crippen molar-refractivity contribution in [1.82, 2.24) is 4.90 Å². The Kier molecular flexibility index (Phi) is 8.65. The van der Waals surface area contributed by atoms with Gasteiger partial charge in [0.25, 0.3) is 0 Å². The highest BCUT2D eigenvalue weighted by Crippen LogP contribution is 2.20. The minimum atomic E-state index is -0.801. The lowest BCUT2D eigenvalue weighted by atomic mass is 10.2. The second kappa shape index (κ2) is 11.0. The first-order valence-corrected chi connectivity index (χ1v) is 10.1. The SMILES string of the molecule is CCCCCCOC(=O)C(=O)N(Cc1cccs1)Cc1ccccc1Cl. The Hall–Kier alpha value is -1.85. The van der Waals surface area contributed by atoms with E-state index in [1.807, 2.05) is 35.7 Å². The maximum atomic E-state index is 12.6. The number of esters is 1. The Labute approximate surface area is 163 Å². The number of halogens is 1. The van der Waals surface area contributed by atoms with Gasteiger partial charge in [-0.1, -0.05) is 62.1 Å². The molecule has 0 saturated heterocycles. The number of unbranched alkanes of at least 4 members (excludes halogenated alkanes) is 3. The number of thiophene rings is 1. The van der Waals surface area contributed by atoms with Gasteiger partial charge in [0, 0.05) is 16.4 Å². The molecule has 1 aromatic carbocycles. The normalized spacial score (nSPS) is 10.5. The molecule has 2 rings (SSSR count). The van der Waals surface area contributed by atoms with E-state index >= 15 is 0 Å². The van der Waals surface area contributed by atoms with Gasteiger partial charge in [-0.25, -0.2) is 4.79 Å². The Bertz CT molecular complexity index is 703. The molecule has 0 radical (unpaired) electrons. The lowest BCUT2D eigenvalue weighted by Crippen LogP contribution is -2.36. The molecule has 4 nitrogen and oxygen atoms in total. The van der Waals surface area contributed by atoms with Crippen LogP contribution in [0.5, 0.6) is 0 Å². The van der Waals surface area contributed by atoms with Crippen LogP contribution < -0.4 is 0 Å². The number of hydrogen-bond donors (Lipinski definition) is 0. The van der Waals surface area contributed by atoms with E-state index in [0.29, 0.717) is 11.6 Å².